The van der Waals surface area contributed by atoms with Gasteiger partial charge in [-0.3, -0.25) is 19.4 Å². The molecule has 0 radical (unpaired) electrons. The Labute approximate surface area is 248 Å². The fraction of sp³-hybridized carbons (Fsp3) is 0.429. The van der Waals surface area contributed by atoms with Crippen molar-refractivity contribution >= 4 is 40.8 Å². The molecule has 2 aliphatic rings. The Morgan fingerprint density at radius 3 is 1.86 bits per heavy atom. The first-order valence-corrected chi connectivity index (χ1v) is 13.4. The summed E-state index contributed by atoms with van der Waals surface area (Å²) in [4.78, 5) is 47.9. The molecule has 10 nitrogen and oxygen atoms in total. The van der Waals surface area contributed by atoms with Crippen molar-refractivity contribution in [2.45, 2.75) is 44.5 Å². The van der Waals surface area contributed by atoms with Gasteiger partial charge >= 0.3 is 24.3 Å². The number of benzene rings is 2. The number of unbranched alkanes of at least 4 members (excludes halogenated alkanes) is 1. The average Bonchev–Trinajstić information content (AvgIpc) is 3.07. The molecule has 2 aromatic carbocycles. The summed E-state index contributed by atoms with van der Waals surface area (Å²) in [5, 5.41) is 17.2. The Morgan fingerprint density at radius 1 is 0.841 bits per heavy atom. The molecular formula is C28H32F6N4O6. The normalized spacial score (nSPS) is 15.2. The van der Waals surface area contributed by atoms with E-state index in [4.69, 9.17) is 25.5 Å². The number of likely N-dealkylation sites (tertiary alicyclic amines) is 1. The lowest BCUT2D eigenvalue weighted by Gasteiger charge is -2.33. The predicted octanol–water partition coefficient (Wildman–Crippen LogP) is 5.02. The van der Waals surface area contributed by atoms with Crippen molar-refractivity contribution in [2.75, 3.05) is 36.4 Å². The molecule has 16 heteroatoms. The first kappa shape index (κ1) is 36.0. The minimum atomic E-state index is -5.08. The van der Waals surface area contributed by atoms with E-state index in [-0.39, 0.29) is 11.8 Å². The third-order valence-electron chi connectivity index (χ3n) is 6.65. The molecule has 2 aliphatic heterocycles. The Kier molecular flexibility index (Phi) is 13.1. The number of rotatable bonds is 6. The maximum absolute atomic E-state index is 13.5. The number of nitrogens with one attached hydrogen (secondary N) is 1. The van der Waals surface area contributed by atoms with Crippen LogP contribution in [-0.4, -0.2) is 77.4 Å². The second-order valence-corrected chi connectivity index (χ2v) is 9.83. The molecule has 2 aromatic rings. The summed E-state index contributed by atoms with van der Waals surface area (Å²) >= 11 is 0. The summed E-state index contributed by atoms with van der Waals surface area (Å²) in [7, 11) is 0. The predicted molar refractivity (Wildman–Crippen MR) is 147 cm³/mol. The van der Waals surface area contributed by atoms with Crippen molar-refractivity contribution in [3.8, 4) is 0 Å². The number of carboxylic acid groups (broad SMARTS) is 2. The van der Waals surface area contributed by atoms with Crippen LogP contribution in [0.4, 0.5) is 43.4 Å². The van der Waals surface area contributed by atoms with E-state index >= 15 is 0 Å². The molecule has 2 amide bonds. The van der Waals surface area contributed by atoms with Gasteiger partial charge in [-0.15, -0.1) is 0 Å². The summed E-state index contributed by atoms with van der Waals surface area (Å²) < 4.78 is 63.5. The highest BCUT2D eigenvalue weighted by Gasteiger charge is 2.39. The van der Waals surface area contributed by atoms with Gasteiger partial charge in [0.1, 0.15) is 0 Å². The van der Waals surface area contributed by atoms with Gasteiger partial charge in [0.05, 0.1) is 29.2 Å². The van der Waals surface area contributed by atoms with Crippen LogP contribution in [0.2, 0.25) is 0 Å². The Morgan fingerprint density at radius 2 is 1.34 bits per heavy atom. The van der Waals surface area contributed by atoms with Crippen LogP contribution in [0.5, 0.6) is 0 Å². The molecule has 0 unspecified atom stereocenters. The first-order chi connectivity index (χ1) is 20.6. The second kappa shape index (κ2) is 16.0. The van der Waals surface area contributed by atoms with Crippen molar-refractivity contribution < 1.29 is 55.7 Å². The number of carbonyl (C=O) groups excluding carboxylic acids is 2. The van der Waals surface area contributed by atoms with Crippen LogP contribution in [-0.2, 0) is 14.4 Å². The maximum Gasteiger partial charge on any atom is 0.490 e. The lowest BCUT2D eigenvalue weighted by Crippen LogP contribution is -2.42. The Balaban J connectivity index is 0.000000402. The number of aliphatic carboxylic acids is 2. The molecule has 2 heterocycles. The summed E-state index contributed by atoms with van der Waals surface area (Å²) in [5.74, 6) is -4.97. The molecule has 0 saturated carbocycles. The lowest BCUT2D eigenvalue weighted by molar-refractivity contribution is -0.193. The maximum atomic E-state index is 13.5. The Hall–Kier alpha value is -4.18. The van der Waals surface area contributed by atoms with E-state index < -0.39 is 24.3 Å². The van der Waals surface area contributed by atoms with Crippen LogP contribution in [0.1, 0.15) is 42.5 Å². The zero-order chi connectivity index (χ0) is 33.1. The number of halogens is 6. The smallest absolute Gasteiger partial charge is 0.475 e. The number of fused-ring (bicyclic) bond motifs is 2. The molecule has 44 heavy (non-hydrogen) atoms. The van der Waals surface area contributed by atoms with Crippen LogP contribution >= 0.6 is 0 Å². The number of piperidine rings is 1. The number of anilines is 3. The van der Waals surface area contributed by atoms with E-state index in [1.165, 1.54) is 12.8 Å². The minimum Gasteiger partial charge on any atom is -0.475 e. The third kappa shape index (κ3) is 10.8. The monoisotopic (exact) mass is 634 g/mol. The summed E-state index contributed by atoms with van der Waals surface area (Å²) in [6, 6.07) is 14.8. The standard InChI is InChI=1S/C24H30N4O2.2C2HF3O2/c25-14-6-5-7-18-12-15-27(16-13-18)17-23(29)28-21-10-3-1-8-19(21)24(30)26-20-9-2-4-11-22(20)28;2*3-2(4,5)1(6)7/h1-4,8-11,18H,5-7,12-17,25H2,(H,26,30);2*(H,6,7). The fourth-order valence-corrected chi connectivity index (χ4v) is 4.50. The van der Waals surface area contributed by atoms with E-state index in [9.17, 15) is 35.9 Å². The molecular weight excluding hydrogens is 602 g/mol. The summed E-state index contributed by atoms with van der Waals surface area (Å²) in [6.45, 7) is 3.00. The van der Waals surface area contributed by atoms with Crippen LogP contribution < -0.4 is 16.0 Å². The number of nitrogens with zero attached hydrogens (tertiary/aromatic N) is 2. The van der Waals surface area contributed by atoms with Crippen molar-refractivity contribution in [3.63, 3.8) is 0 Å². The number of hydrogen-bond donors (Lipinski definition) is 4. The van der Waals surface area contributed by atoms with Crippen LogP contribution in [0.25, 0.3) is 0 Å². The number of hydrogen-bond acceptors (Lipinski definition) is 6. The van der Waals surface area contributed by atoms with E-state index in [0.29, 0.717) is 23.5 Å². The van der Waals surface area contributed by atoms with Crippen molar-refractivity contribution in [1.29, 1.82) is 0 Å². The van der Waals surface area contributed by atoms with Gasteiger partial charge in [0.15, 0.2) is 0 Å². The number of carbonyl (C=O) groups is 4. The molecule has 4 rings (SSSR count). The highest BCUT2D eigenvalue weighted by atomic mass is 19.4. The van der Waals surface area contributed by atoms with Gasteiger partial charge in [0.2, 0.25) is 5.91 Å². The first-order valence-electron chi connectivity index (χ1n) is 13.4. The number of para-hydroxylation sites is 3. The van der Waals surface area contributed by atoms with Gasteiger partial charge in [-0.1, -0.05) is 37.1 Å². The van der Waals surface area contributed by atoms with E-state index in [0.717, 1.165) is 50.5 Å². The zero-order valence-corrected chi connectivity index (χ0v) is 23.3. The topological polar surface area (TPSA) is 153 Å². The molecule has 242 valence electrons. The van der Waals surface area contributed by atoms with Crippen molar-refractivity contribution in [1.82, 2.24) is 4.90 Å². The number of amides is 2. The van der Waals surface area contributed by atoms with Gasteiger partial charge in [0.25, 0.3) is 5.91 Å². The zero-order valence-electron chi connectivity index (χ0n) is 23.3. The molecule has 5 N–H and O–H groups in total. The highest BCUT2D eigenvalue weighted by molar-refractivity contribution is 6.17. The van der Waals surface area contributed by atoms with Crippen molar-refractivity contribution in [2.24, 2.45) is 11.7 Å². The minimum absolute atomic E-state index is 0.00650. The highest BCUT2D eigenvalue weighted by Crippen LogP contribution is 2.38. The van der Waals surface area contributed by atoms with Crippen molar-refractivity contribution in [3.05, 3.63) is 54.1 Å². The molecule has 0 spiro atoms. The molecule has 1 saturated heterocycles. The van der Waals surface area contributed by atoms with Gasteiger partial charge in [0, 0.05) is 0 Å². The van der Waals surface area contributed by atoms with Gasteiger partial charge in [-0.25, -0.2) is 9.59 Å². The van der Waals surface area contributed by atoms with E-state index in [1.807, 2.05) is 42.5 Å². The summed E-state index contributed by atoms with van der Waals surface area (Å²) in [6.07, 6.45) is -4.38. The van der Waals surface area contributed by atoms with Gasteiger partial charge in [-0.05, 0) is 69.1 Å². The molecule has 0 aliphatic carbocycles. The lowest BCUT2D eigenvalue weighted by atomic mass is 9.91. The second-order valence-electron chi connectivity index (χ2n) is 9.83. The van der Waals surface area contributed by atoms with Crippen LogP contribution in [0.3, 0.4) is 0 Å². The molecule has 0 aromatic heterocycles. The SMILES string of the molecule is NCCCCC1CCN(CC(=O)N2c3ccccc3NC(=O)c3ccccc32)CC1.O=C(O)C(F)(F)F.O=C(O)C(F)(F)F. The van der Waals surface area contributed by atoms with Gasteiger partial charge < -0.3 is 21.3 Å². The van der Waals surface area contributed by atoms with Crippen LogP contribution in [0.15, 0.2) is 48.5 Å². The van der Waals surface area contributed by atoms with E-state index in [2.05, 4.69) is 10.2 Å². The van der Waals surface area contributed by atoms with Crippen LogP contribution in [0, 0.1) is 5.92 Å². The number of carboxylic acids is 2. The molecule has 0 atom stereocenters. The number of alkyl halides is 6. The Bertz CT molecular complexity index is 1270. The molecule has 0 bridgehead atoms. The number of nitrogens with two attached hydrogens (primary N) is 1. The third-order valence-corrected chi connectivity index (χ3v) is 6.65. The fourth-order valence-electron chi connectivity index (χ4n) is 4.50. The average molecular weight is 635 g/mol. The molecule has 1 fully saturated rings. The van der Waals surface area contributed by atoms with E-state index in [1.54, 1.807) is 11.0 Å². The van der Waals surface area contributed by atoms with Gasteiger partial charge in [-0.2, -0.15) is 26.3 Å². The summed E-state index contributed by atoms with van der Waals surface area (Å²) in [5.41, 5.74) is 8.14. The largest absolute Gasteiger partial charge is 0.490 e. The quantitative estimate of drug-likeness (QED) is 0.255.